The Morgan fingerprint density at radius 3 is 2.72 bits per heavy atom. The summed E-state index contributed by atoms with van der Waals surface area (Å²) in [5, 5.41) is 13.8. The molecule has 1 N–H and O–H groups in total. The van der Waals surface area contributed by atoms with E-state index in [0.717, 1.165) is 12.0 Å². The van der Waals surface area contributed by atoms with E-state index in [1.54, 1.807) is 24.5 Å². The van der Waals surface area contributed by atoms with Crippen molar-refractivity contribution in [1.82, 2.24) is 9.97 Å². The monoisotopic (exact) mass is 244 g/mol. The Morgan fingerprint density at radius 1 is 1.22 bits per heavy atom. The molecule has 2 aromatic heterocycles. The first-order valence-electron chi connectivity index (χ1n) is 5.49. The van der Waals surface area contributed by atoms with Crippen molar-refractivity contribution in [2.75, 3.05) is 11.9 Å². The number of aromatic nitrogens is 2. The fourth-order valence-electron chi connectivity index (χ4n) is 1.57. The van der Waals surface area contributed by atoms with Gasteiger partial charge in [-0.05, 0) is 46.2 Å². The van der Waals surface area contributed by atoms with Crippen LogP contribution in [0, 0.1) is 10.1 Å². The van der Waals surface area contributed by atoms with E-state index in [9.17, 15) is 10.1 Å². The molecule has 92 valence electrons. The van der Waals surface area contributed by atoms with Gasteiger partial charge in [-0.3, -0.25) is 4.98 Å². The molecular weight excluding hydrogens is 232 g/mol. The largest absolute Gasteiger partial charge is 0.386 e. The average Bonchev–Trinajstić information content (AvgIpc) is 2.40. The molecule has 2 aromatic rings. The lowest BCUT2D eigenvalue weighted by Gasteiger charge is -2.06. The van der Waals surface area contributed by atoms with Crippen molar-refractivity contribution in [2.24, 2.45) is 0 Å². The van der Waals surface area contributed by atoms with Gasteiger partial charge < -0.3 is 15.4 Å². The summed E-state index contributed by atoms with van der Waals surface area (Å²) in [5.41, 5.74) is 1.57. The fraction of sp³-hybridized carbons (Fsp3) is 0.167. The highest BCUT2D eigenvalue weighted by Gasteiger charge is 2.12. The molecule has 0 aliphatic carbocycles. The third-order valence-corrected chi connectivity index (χ3v) is 2.44. The van der Waals surface area contributed by atoms with Crippen LogP contribution in [0.3, 0.4) is 0 Å². The van der Waals surface area contributed by atoms with E-state index in [-0.39, 0.29) is 5.82 Å². The molecule has 0 bridgehead atoms. The summed E-state index contributed by atoms with van der Waals surface area (Å²) in [7, 11) is 0. The van der Waals surface area contributed by atoms with Gasteiger partial charge >= 0.3 is 5.82 Å². The lowest BCUT2D eigenvalue weighted by atomic mass is 10.2. The molecule has 6 nitrogen and oxygen atoms in total. The van der Waals surface area contributed by atoms with E-state index in [4.69, 9.17) is 0 Å². The maximum atomic E-state index is 10.7. The van der Waals surface area contributed by atoms with E-state index in [2.05, 4.69) is 15.3 Å². The van der Waals surface area contributed by atoms with Crippen molar-refractivity contribution in [1.29, 1.82) is 0 Å². The number of nitro groups is 1. The molecule has 0 saturated carbocycles. The molecule has 0 aliphatic heterocycles. The maximum Gasteiger partial charge on any atom is 0.386 e. The highest BCUT2D eigenvalue weighted by Crippen LogP contribution is 2.19. The summed E-state index contributed by atoms with van der Waals surface area (Å²) in [6, 6.07) is 7.15. The van der Waals surface area contributed by atoms with E-state index in [1.165, 1.54) is 6.20 Å². The number of pyridine rings is 2. The Balaban J connectivity index is 1.97. The van der Waals surface area contributed by atoms with Crippen LogP contribution in [-0.4, -0.2) is 21.4 Å². The molecule has 0 saturated heterocycles. The van der Waals surface area contributed by atoms with Crippen molar-refractivity contribution >= 4 is 11.5 Å². The van der Waals surface area contributed by atoms with Crippen LogP contribution in [0.5, 0.6) is 0 Å². The normalized spacial score (nSPS) is 10.0. The van der Waals surface area contributed by atoms with Gasteiger partial charge in [-0.1, -0.05) is 0 Å². The Kier molecular flexibility index (Phi) is 3.80. The van der Waals surface area contributed by atoms with Gasteiger partial charge in [0.2, 0.25) is 0 Å². The van der Waals surface area contributed by atoms with Crippen molar-refractivity contribution in [3.05, 3.63) is 58.5 Å². The fourth-order valence-corrected chi connectivity index (χ4v) is 1.57. The first-order chi connectivity index (χ1) is 8.77. The van der Waals surface area contributed by atoms with Crippen molar-refractivity contribution in [2.45, 2.75) is 6.42 Å². The molecule has 2 rings (SSSR count). The number of nitrogens with zero attached hydrogens (tertiary/aromatic N) is 3. The van der Waals surface area contributed by atoms with Gasteiger partial charge in [-0.25, -0.2) is 0 Å². The zero-order valence-corrected chi connectivity index (χ0v) is 9.61. The quantitative estimate of drug-likeness (QED) is 0.643. The molecule has 6 heteroatoms. The van der Waals surface area contributed by atoms with E-state index < -0.39 is 4.92 Å². The average molecular weight is 244 g/mol. The molecule has 0 atom stereocenters. The summed E-state index contributed by atoms with van der Waals surface area (Å²) < 4.78 is 0. The molecule has 0 radical (unpaired) electrons. The van der Waals surface area contributed by atoms with E-state index in [0.29, 0.717) is 12.2 Å². The second kappa shape index (κ2) is 5.72. The predicted octanol–water partition coefficient (Wildman–Crippen LogP) is 2.04. The number of hydrogen-bond donors (Lipinski definition) is 1. The second-order valence-corrected chi connectivity index (χ2v) is 3.66. The zero-order valence-electron chi connectivity index (χ0n) is 9.61. The van der Waals surface area contributed by atoms with Crippen LogP contribution in [0.25, 0.3) is 0 Å². The van der Waals surface area contributed by atoms with Crippen LogP contribution < -0.4 is 5.32 Å². The minimum Gasteiger partial charge on any atom is -0.378 e. The van der Waals surface area contributed by atoms with Gasteiger partial charge in [0.15, 0.2) is 0 Å². The summed E-state index contributed by atoms with van der Waals surface area (Å²) in [5.74, 6) is -0.146. The lowest BCUT2D eigenvalue weighted by Crippen LogP contribution is -2.07. The molecule has 0 aliphatic rings. The molecule has 0 amide bonds. The Hall–Kier alpha value is -2.50. The Labute approximate surface area is 104 Å². The first kappa shape index (κ1) is 12.0. The predicted molar refractivity (Wildman–Crippen MR) is 67.3 cm³/mol. The smallest absolute Gasteiger partial charge is 0.378 e. The molecular formula is C12H12N4O2. The Bertz CT molecular complexity index is 531. The van der Waals surface area contributed by atoms with Crippen molar-refractivity contribution < 1.29 is 4.92 Å². The molecule has 0 unspecified atom stereocenters. The van der Waals surface area contributed by atoms with Gasteiger partial charge in [0.1, 0.15) is 11.9 Å². The highest BCUT2D eigenvalue weighted by atomic mass is 16.6. The standard InChI is InChI=1S/C12H12N4O2/c17-16(18)12-11(2-1-6-15-12)14-9-5-10-3-7-13-8-4-10/h1-4,6-8,14H,5,9H2. The van der Waals surface area contributed by atoms with Crippen molar-refractivity contribution in [3.63, 3.8) is 0 Å². The summed E-state index contributed by atoms with van der Waals surface area (Å²) in [4.78, 5) is 17.9. The minimum absolute atomic E-state index is 0.146. The Morgan fingerprint density at radius 2 is 2.00 bits per heavy atom. The van der Waals surface area contributed by atoms with Crippen LogP contribution in [0.1, 0.15) is 5.56 Å². The van der Waals surface area contributed by atoms with Crippen LogP contribution in [0.2, 0.25) is 0 Å². The second-order valence-electron chi connectivity index (χ2n) is 3.66. The number of nitrogens with one attached hydrogen (secondary N) is 1. The van der Waals surface area contributed by atoms with Crippen molar-refractivity contribution in [3.8, 4) is 0 Å². The molecule has 0 fully saturated rings. The lowest BCUT2D eigenvalue weighted by molar-refractivity contribution is -0.388. The highest BCUT2D eigenvalue weighted by molar-refractivity contribution is 5.56. The van der Waals surface area contributed by atoms with Gasteiger partial charge in [-0.2, -0.15) is 0 Å². The van der Waals surface area contributed by atoms with Crippen LogP contribution >= 0.6 is 0 Å². The third-order valence-electron chi connectivity index (χ3n) is 2.44. The number of rotatable bonds is 5. The summed E-state index contributed by atoms with van der Waals surface area (Å²) in [6.45, 7) is 0.608. The molecule has 0 spiro atoms. The van der Waals surface area contributed by atoms with Gasteiger partial charge in [-0.15, -0.1) is 0 Å². The summed E-state index contributed by atoms with van der Waals surface area (Å²) >= 11 is 0. The molecule has 18 heavy (non-hydrogen) atoms. The number of anilines is 1. The van der Waals surface area contributed by atoms with Crippen LogP contribution in [0.15, 0.2) is 42.9 Å². The van der Waals surface area contributed by atoms with Gasteiger partial charge in [0, 0.05) is 18.9 Å². The first-order valence-corrected chi connectivity index (χ1v) is 5.49. The van der Waals surface area contributed by atoms with E-state index >= 15 is 0 Å². The minimum atomic E-state index is -0.491. The topological polar surface area (TPSA) is 81.0 Å². The third kappa shape index (κ3) is 3.00. The van der Waals surface area contributed by atoms with Crippen LogP contribution in [0.4, 0.5) is 11.5 Å². The summed E-state index contributed by atoms with van der Waals surface area (Å²) in [6.07, 6.45) is 5.63. The maximum absolute atomic E-state index is 10.7. The molecule has 0 aromatic carbocycles. The van der Waals surface area contributed by atoms with Gasteiger partial charge in [0.05, 0.1) is 0 Å². The molecule has 2 heterocycles. The SMILES string of the molecule is O=[N+]([O-])c1ncccc1NCCc1ccncc1. The van der Waals surface area contributed by atoms with Gasteiger partial charge in [0.25, 0.3) is 0 Å². The van der Waals surface area contributed by atoms with Crippen LogP contribution in [-0.2, 0) is 6.42 Å². The number of hydrogen-bond acceptors (Lipinski definition) is 5. The van der Waals surface area contributed by atoms with E-state index in [1.807, 2.05) is 12.1 Å². The zero-order chi connectivity index (χ0) is 12.8.